The maximum atomic E-state index is 13.1. The fraction of sp³-hybridized carbons (Fsp3) is 0.280. The summed E-state index contributed by atoms with van der Waals surface area (Å²) in [6, 6.07) is 8.58. The monoisotopic (exact) mass is 514 g/mol. The largest absolute Gasteiger partial charge is 0.404 e. The number of benzene rings is 1. The molecule has 10 heteroatoms. The Hall–Kier alpha value is -3.36. The smallest absolute Gasteiger partial charge is 0.275 e. The fourth-order valence-electron chi connectivity index (χ4n) is 3.55. The number of likely N-dealkylation sites (tertiary alicyclic amines) is 1. The molecule has 1 saturated heterocycles. The molecule has 0 aliphatic carbocycles. The van der Waals surface area contributed by atoms with Crippen molar-refractivity contribution in [1.29, 1.82) is 0 Å². The van der Waals surface area contributed by atoms with E-state index in [1.54, 1.807) is 61.5 Å². The predicted molar refractivity (Wildman–Crippen MR) is 139 cm³/mol. The van der Waals surface area contributed by atoms with E-state index in [1.807, 2.05) is 6.07 Å². The lowest BCUT2D eigenvalue weighted by molar-refractivity contribution is -0.114. The van der Waals surface area contributed by atoms with Gasteiger partial charge < -0.3 is 21.3 Å². The number of rotatable bonds is 8. The number of nitrogens with zero attached hydrogens (tertiary/aromatic N) is 3. The second-order valence-corrected chi connectivity index (χ2v) is 8.84. The first-order valence-electron chi connectivity index (χ1n) is 11.1. The van der Waals surface area contributed by atoms with E-state index in [4.69, 9.17) is 28.9 Å². The highest BCUT2D eigenvalue weighted by Crippen LogP contribution is 2.22. The second-order valence-electron chi connectivity index (χ2n) is 8.02. The third-order valence-electron chi connectivity index (χ3n) is 5.51. The molecular weight excluding hydrogens is 487 g/mol. The number of hydrogen-bond donors (Lipinski definition) is 3. The molecule has 1 aliphatic heterocycles. The van der Waals surface area contributed by atoms with E-state index in [0.717, 1.165) is 5.56 Å². The minimum atomic E-state index is -0.393. The Morgan fingerprint density at radius 3 is 2.74 bits per heavy atom. The molecule has 0 saturated carbocycles. The van der Waals surface area contributed by atoms with Crippen molar-refractivity contribution < 1.29 is 9.59 Å². The van der Waals surface area contributed by atoms with Crippen LogP contribution in [0.15, 0.2) is 71.4 Å². The SMILES string of the molecule is C/C=C(\NCc1ccc(Cl)c(Cl)c1)NC(=O)C(=NC1CCN(C(=O)c2cccnc2)C1)C(C)=CN. The van der Waals surface area contributed by atoms with Gasteiger partial charge in [0.25, 0.3) is 11.8 Å². The lowest BCUT2D eigenvalue weighted by atomic mass is 10.1. The van der Waals surface area contributed by atoms with Crippen LogP contribution in [0.5, 0.6) is 0 Å². The molecule has 0 bridgehead atoms. The molecule has 4 N–H and O–H groups in total. The van der Waals surface area contributed by atoms with E-state index in [1.165, 1.54) is 6.20 Å². The van der Waals surface area contributed by atoms with Gasteiger partial charge in [0, 0.05) is 32.0 Å². The van der Waals surface area contributed by atoms with Gasteiger partial charge in [0.15, 0.2) is 0 Å². The first-order valence-corrected chi connectivity index (χ1v) is 11.9. The molecule has 2 amide bonds. The van der Waals surface area contributed by atoms with Crippen LogP contribution in [0, 0.1) is 0 Å². The molecule has 1 fully saturated rings. The number of pyridine rings is 1. The number of aliphatic imine (C=N–C) groups is 1. The summed E-state index contributed by atoms with van der Waals surface area (Å²) in [7, 11) is 0. The van der Waals surface area contributed by atoms with Crippen molar-refractivity contribution >= 4 is 40.7 Å². The van der Waals surface area contributed by atoms with Gasteiger partial charge >= 0.3 is 0 Å². The highest BCUT2D eigenvalue weighted by molar-refractivity contribution is 6.45. The van der Waals surface area contributed by atoms with Gasteiger partial charge in [0.1, 0.15) is 11.5 Å². The number of hydrogen-bond acceptors (Lipinski definition) is 6. The number of allylic oxidation sites excluding steroid dienone is 1. The van der Waals surface area contributed by atoms with Crippen molar-refractivity contribution in [3.05, 3.63) is 87.6 Å². The zero-order valence-electron chi connectivity index (χ0n) is 19.6. The lowest BCUT2D eigenvalue weighted by Gasteiger charge is -2.17. The molecule has 1 aromatic carbocycles. The number of nitrogens with two attached hydrogens (primary N) is 1. The molecule has 3 rings (SSSR count). The summed E-state index contributed by atoms with van der Waals surface area (Å²) >= 11 is 12.1. The highest BCUT2D eigenvalue weighted by Gasteiger charge is 2.28. The Kier molecular flexibility index (Phi) is 9.28. The Bertz CT molecular complexity index is 1160. The molecule has 35 heavy (non-hydrogen) atoms. The van der Waals surface area contributed by atoms with Gasteiger partial charge in [0.2, 0.25) is 0 Å². The number of nitrogens with one attached hydrogen (secondary N) is 2. The van der Waals surface area contributed by atoms with Gasteiger partial charge in [-0.3, -0.25) is 19.6 Å². The molecule has 8 nitrogen and oxygen atoms in total. The summed E-state index contributed by atoms with van der Waals surface area (Å²) in [4.78, 5) is 36.2. The maximum Gasteiger partial charge on any atom is 0.275 e. The molecule has 0 spiro atoms. The average molecular weight is 515 g/mol. The number of carbonyl (C=O) groups excluding carboxylic acids is 2. The van der Waals surface area contributed by atoms with Crippen molar-refractivity contribution in [2.45, 2.75) is 32.9 Å². The third-order valence-corrected chi connectivity index (χ3v) is 6.25. The minimum Gasteiger partial charge on any atom is -0.404 e. The summed E-state index contributed by atoms with van der Waals surface area (Å²) in [6.07, 6.45) is 6.91. The molecule has 1 atom stereocenters. The minimum absolute atomic E-state index is 0.101. The van der Waals surface area contributed by atoms with Crippen LogP contribution in [-0.2, 0) is 11.3 Å². The normalized spacial score (nSPS) is 16.9. The van der Waals surface area contributed by atoms with E-state index in [2.05, 4.69) is 20.6 Å². The van der Waals surface area contributed by atoms with Gasteiger partial charge in [0.05, 0.1) is 21.7 Å². The van der Waals surface area contributed by atoms with E-state index in [0.29, 0.717) is 53.1 Å². The van der Waals surface area contributed by atoms with E-state index in [-0.39, 0.29) is 17.7 Å². The van der Waals surface area contributed by atoms with E-state index in [9.17, 15) is 9.59 Å². The predicted octanol–water partition coefficient (Wildman–Crippen LogP) is 3.67. The summed E-state index contributed by atoms with van der Waals surface area (Å²) in [5, 5.41) is 6.96. The van der Waals surface area contributed by atoms with E-state index < -0.39 is 5.91 Å². The summed E-state index contributed by atoms with van der Waals surface area (Å²) < 4.78 is 0. The molecule has 2 aromatic rings. The van der Waals surface area contributed by atoms with Crippen molar-refractivity contribution in [3.8, 4) is 0 Å². The number of carbonyl (C=O) groups is 2. The first-order chi connectivity index (χ1) is 16.8. The lowest BCUT2D eigenvalue weighted by Crippen LogP contribution is -2.37. The van der Waals surface area contributed by atoms with Crippen LogP contribution in [0.3, 0.4) is 0 Å². The topological polar surface area (TPSA) is 113 Å². The zero-order valence-corrected chi connectivity index (χ0v) is 21.1. The van der Waals surface area contributed by atoms with Crippen LogP contribution >= 0.6 is 23.2 Å². The average Bonchev–Trinajstić information content (AvgIpc) is 3.35. The molecule has 1 unspecified atom stereocenters. The van der Waals surface area contributed by atoms with Crippen molar-refractivity contribution in [1.82, 2.24) is 20.5 Å². The Morgan fingerprint density at radius 2 is 2.09 bits per heavy atom. The summed E-state index contributed by atoms with van der Waals surface area (Å²) in [5.74, 6) is 0.0185. The van der Waals surface area contributed by atoms with Crippen LogP contribution in [0.4, 0.5) is 0 Å². The maximum absolute atomic E-state index is 13.1. The molecule has 1 aliphatic rings. The first kappa shape index (κ1) is 26.2. The fourth-order valence-corrected chi connectivity index (χ4v) is 3.87. The zero-order chi connectivity index (χ0) is 25.4. The van der Waals surface area contributed by atoms with E-state index >= 15 is 0 Å². The van der Waals surface area contributed by atoms with Gasteiger partial charge in [-0.25, -0.2) is 0 Å². The summed E-state index contributed by atoms with van der Waals surface area (Å²) in [5.41, 5.74) is 7.91. The third kappa shape index (κ3) is 7.07. The molecule has 2 heterocycles. The molecule has 184 valence electrons. The van der Waals surface area contributed by atoms with Crippen LogP contribution < -0.4 is 16.4 Å². The quantitative estimate of drug-likeness (QED) is 0.465. The van der Waals surface area contributed by atoms with Gasteiger partial charge in [-0.2, -0.15) is 0 Å². The van der Waals surface area contributed by atoms with Crippen LogP contribution in [0.1, 0.15) is 36.2 Å². The molecule has 0 radical (unpaired) electrons. The molecular formula is C25H28Cl2N6O2. The standard InChI is InChI=1S/C25H28Cl2N6O2/c1-3-22(30-13-17-6-7-20(26)21(27)11-17)32-24(34)23(16(2)12-28)31-19-8-10-33(15-19)25(35)18-5-4-9-29-14-18/h3-7,9,11-12,14,19,30H,8,10,13,15,28H2,1-2H3,(H,32,34)/b16-12?,22-3+,31-23?. The van der Waals surface area contributed by atoms with Crippen LogP contribution in [-0.4, -0.2) is 46.5 Å². The Labute approximate surface area is 214 Å². The van der Waals surface area contributed by atoms with Crippen molar-refractivity contribution in [3.63, 3.8) is 0 Å². The van der Waals surface area contributed by atoms with Gasteiger partial charge in [-0.15, -0.1) is 0 Å². The highest BCUT2D eigenvalue weighted by atomic mass is 35.5. The van der Waals surface area contributed by atoms with Crippen molar-refractivity contribution in [2.24, 2.45) is 10.7 Å². The second kappa shape index (κ2) is 12.4. The Balaban J connectivity index is 1.66. The van der Waals surface area contributed by atoms with Gasteiger partial charge in [-0.05, 0) is 67.9 Å². The van der Waals surface area contributed by atoms with Gasteiger partial charge in [-0.1, -0.05) is 29.3 Å². The number of halogens is 2. The summed E-state index contributed by atoms with van der Waals surface area (Å²) in [6.45, 7) is 4.92. The van der Waals surface area contributed by atoms with Crippen molar-refractivity contribution in [2.75, 3.05) is 13.1 Å². The number of aromatic nitrogens is 1. The van der Waals surface area contributed by atoms with Crippen LogP contribution in [0.2, 0.25) is 10.0 Å². The Morgan fingerprint density at radius 1 is 1.29 bits per heavy atom. The van der Waals surface area contributed by atoms with Crippen LogP contribution in [0.25, 0.3) is 0 Å². The molecule has 1 aromatic heterocycles. The number of amides is 2.